The molecule has 0 atom stereocenters. The Morgan fingerprint density at radius 1 is 1.11 bits per heavy atom. The maximum absolute atomic E-state index is 11.9. The van der Waals surface area contributed by atoms with Crippen molar-refractivity contribution in [1.29, 1.82) is 0 Å². The zero-order chi connectivity index (χ0) is 14.9. The van der Waals surface area contributed by atoms with Gasteiger partial charge in [-0.15, -0.1) is 0 Å². The maximum atomic E-state index is 11.9. The Morgan fingerprint density at radius 2 is 1.74 bits per heavy atom. The molecule has 0 aliphatic heterocycles. The molecule has 116 valence electrons. The first-order valence-corrected chi connectivity index (χ1v) is 6.98. The van der Waals surface area contributed by atoms with E-state index in [0.717, 1.165) is 25.9 Å². The van der Waals surface area contributed by atoms with E-state index < -0.39 is 12.8 Å². The lowest BCUT2D eigenvalue weighted by Gasteiger charge is -2.25. The minimum Gasteiger partial charge on any atom is -0.372 e. The second-order valence-electron chi connectivity index (χ2n) is 6.28. The zero-order valence-corrected chi connectivity index (χ0v) is 12.6. The smallest absolute Gasteiger partial charge is 0.372 e. The van der Waals surface area contributed by atoms with Crippen LogP contribution in [0.3, 0.4) is 0 Å². The lowest BCUT2D eigenvalue weighted by atomic mass is 9.84. The van der Waals surface area contributed by atoms with Gasteiger partial charge in [0, 0.05) is 6.61 Å². The van der Waals surface area contributed by atoms with Crippen molar-refractivity contribution in [2.24, 2.45) is 11.3 Å². The summed E-state index contributed by atoms with van der Waals surface area (Å²) in [6.45, 7) is 9.62. The second kappa shape index (κ2) is 8.80. The summed E-state index contributed by atoms with van der Waals surface area (Å²) < 4.78 is 40.2. The van der Waals surface area contributed by atoms with Crippen molar-refractivity contribution in [3.63, 3.8) is 0 Å². The Kier molecular flexibility index (Phi) is 8.66. The summed E-state index contributed by atoms with van der Waals surface area (Å²) in [5.41, 5.74) is 0.144. The largest absolute Gasteiger partial charge is 0.411 e. The highest BCUT2D eigenvalue weighted by atomic mass is 19.4. The molecule has 1 N–H and O–H groups in total. The van der Waals surface area contributed by atoms with Gasteiger partial charge in [0.15, 0.2) is 0 Å². The Bertz CT molecular complexity index is 227. The number of hydrogen-bond acceptors (Lipinski definition) is 2. The molecule has 0 saturated heterocycles. The van der Waals surface area contributed by atoms with Crippen molar-refractivity contribution < 1.29 is 17.9 Å². The molecule has 0 aromatic carbocycles. The molecule has 0 fully saturated rings. The Morgan fingerprint density at radius 3 is 2.26 bits per heavy atom. The highest BCUT2D eigenvalue weighted by Crippen LogP contribution is 2.26. The number of nitrogens with one attached hydrogen (secondary N) is 1. The van der Waals surface area contributed by atoms with Crippen LogP contribution >= 0.6 is 0 Å². The number of ether oxygens (including phenoxy) is 1. The van der Waals surface area contributed by atoms with Gasteiger partial charge < -0.3 is 10.1 Å². The normalized spacial score (nSPS) is 13.3. The quantitative estimate of drug-likeness (QED) is 0.612. The monoisotopic (exact) mass is 283 g/mol. The molecular formula is C14H28F3NO. The predicted molar refractivity (Wildman–Crippen MR) is 72.2 cm³/mol. The van der Waals surface area contributed by atoms with Crippen molar-refractivity contribution in [2.75, 3.05) is 26.3 Å². The van der Waals surface area contributed by atoms with E-state index in [-0.39, 0.29) is 12.0 Å². The topological polar surface area (TPSA) is 21.3 Å². The summed E-state index contributed by atoms with van der Waals surface area (Å²) in [6.07, 6.45) is -1.63. The van der Waals surface area contributed by atoms with Crippen molar-refractivity contribution in [2.45, 2.75) is 53.1 Å². The van der Waals surface area contributed by atoms with Crippen LogP contribution in [0.4, 0.5) is 13.2 Å². The summed E-state index contributed by atoms with van der Waals surface area (Å²) in [7, 11) is 0. The summed E-state index contributed by atoms with van der Waals surface area (Å²) in [5, 5.41) is 3.38. The molecule has 19 heavy (non-hydrogen) atoms. The lowest BCUT2D eigenvalue weighted by molar-refractivity contribution is -0.174. The first kappa shape index (κ1) is 18.7. The Labute approximate surface area is 115 Å². The van der Waals surface area contributed by atoms with Crippen LogP contribution < -0.4 is 5.32 Å². The fourth-order valence-electron chi connectivity index (χ4n) is 1.78. The van der Waals surface area contributed by atoms with Gasteiger partial charge in [0.2, 0.25) is 0 Å². The van der Waals surface area contributed by atoms with E-state index in [9.17, 15) is 13.2 Å². The number of halogens is 3. The SMILES string of the molecule is CC(C)CNCCC(C)(C)CCCOCC(F)(F)F. The Balaban J connectivity index is 3.56. The van der Waals surface area contributed by atoms with Gasteiger partial charge in [0.1, 0.15) is 6.61 Å². The predicted octanol–water partition coefficient (Wildman–Crippen LogP) is 4.01. The number of hydrogen-bond donors (Lipinski definition) is 1. The van der Waals surface area contributed by atoms with Crippen LogP contribution in [0.15, 0.2) is 0 Å². The van der Waals surface area contributed by atoms with Gasteiger partial charge in [-0.2, -0.15) is 13.2 Å². The van der Waals surface area contributed by atoms with E-state index in [2.05, 4.69) is 37.7 Å². The van der Waals surface area contributed by atoms with Gasteiger partial charge >= 0.3 is 6.18 Å². The second-order valence-corrected chi connectivity index (χ2v) is 6.28. The molecule has 0 bridgehead atoms. The van der Waals surface area contributed by atoms with Gasteiger partial charge in [-0.05, 0) is 43.7 Å². The summed E-state index contributed by atoms with van der Waals surface area (Å²) in [6, 6.07) is 0. The van der Waals surface area contributed by atoms with Gasteiger partial charge in [-0.3, -0.25) is 0 Å². The first-order valence-electron chi connectivity index (χ1n) is 6.98. The molecule has 0 aliphatic rings. The van der Waals surface area contributed by atoms with E-state index in [1.54, 1.807) is 0 Å². The molecule has 0 unspecified atom stereocenters. The van der Waals surface area contributed by atoms with Crippen LogP contribution in [0.2, 0.25) is 0 Å². The van der Waals surface area contributed by atoms with Crippen LogP contribution in [-0.4, -0.2) is 32.5 Å². The summed E-state index contributed by atoms with van der Waals surface area (Å²) in [4.78, 5) is 0. The molecule has 0 aromatic rings. The average Bonchev–Trinajstić information content (AvgIpc) is 2.22. The molecule has 0 amide bonds. The van der Waals surface area contributed by atoms with Crippen LogP contribution in [0.5, 0.6) is 0 Å². The van der Waals surface area contributed by atoms with Crippen LogP contribution in [0.25, 0.3) is 0 Å². The molecule has 0 heterocycles. The molecule has 0 aliphatic carbocycles. The molecular weight excluding hydrogens is 255 g/mol. The van der Waals surface area contributed by atoms with E-state index in [1.807, 2.05) is 0 Å². The van der Waals surface area contributed by atoms with E-state index in [4.69, 9.17) is 0 Å². The van der Waals surface area contributed by atoms with Crippen LogP contribution in [0, 0.1) is 11.3 Å². The number of alkyl halides is 3. The number of rotatable bonds is 10. The average molecular weight is 283 g/mol. The molecule has 5 heteroatoms. The van der Waals surface area contributed by atoms with Crippen molar-refractivity contribution in [1.82, 2.24) is 5.32 Å². The fourth-order valence-corrected chi connectivity index (χ4v) is 1.78. The highest BCUT2D eigenvalue weighted by molar-refractivity contribution is 4.70. The van der Waals surface area contributed by atoms with Crippen molar-refractivity contribution >= 4 is 0 Å². The molecule has 0 radical (unpaired) electrons. The first-order chi connectivity index (χ1) is 8.62. The van der Waals surface area contributed by atoms with E-state index in [1.165, 1.54) is 0 Å². The van der Waals surface area contributed by atoms with E-state index >= 15 is 0 Å². The third kappa shape index (κ3) is 13.9. The maximum Gasteiger partial charge on any atom is 0.411 e. The summed E-state index contributed by atoms with van der Waals surface area (Å²) in [5.74, 6) is 0.638. The molecule has 0 aromatic heterocycles. The van der Waals surface area contributed by atoms with Gasteiger partial charge in [-0.25, -0.2) is 0 Å². The fraction of sp³-hybridized carbons (Fsp3) is 1.00. The summed E-state index contributed by atoms with van der Waals surface area (Å²) >= 11 is 0. The van der Waals surface area contributed by atoms with Crippen LogP contribution in [0.1, 0.15) is 47.0 Å². The molecule has 0 saturated carbocycles. The lowest BCUT2D eigenvalue weighted by Crippen LogP contribution is -2.26. The third-order valence-electron chi connectivity index (χ3n) is 2.94. The molecule has 0 rings (SSSR count). The minimum atomic E-state index is -4.21. The molecule has 2 nitrogen and oxygen atoms in total. The third-order valence-corrected chi connectivity index (χ3v) is 2.94. The van der Waals surface area contributed by atoms with Crippen LogP contribution in [-0.2, 0) is 4.74 Å². The standard InChI is InChI=1S/C14H28F3NO/c1-12(2)10-18-8-7-13(3,4)6-5-9-19-11-14(15,16)17/h12,18H,5-11H2,1-4H3. The Hall–Kier alpha value is -0.290. The highest BCUT2D eigenvalue weighted by Gasteiger charge is 2.27. The van der Waals surface area contributed by atoms with Gasteiger partial charge in [0.25, 0.3) is 0 Å². The van der Waals surface area contributed by atoms with Gasteiger partial charge in [-0.1, -0.05) is 27.7 Å². The van der Waals surface area contributed by atoms with Crippen molar-refractivity contribution in [3.8, 4) is 0 Å². The van der Waals surface area contributed by atoms with Crippen molar-refractivity contribution in [3.05, 3.63) is 0 Å². The minimum absolute atomic E-state index is 0.144. The zero-order valence-electron chi connectivity index (χ0n) is 12.6. The molecule has 0 spiro atoms. The van der Waals surface area contributed by atoms with E-state index in [0.29, 0.717) is 12.3 Å². The van der Waals surface area contributed by atoms with Gasteiger partial charge in [0.05, 0.1) is 0 Å².